The van der Waals surface area contributed by atoms with Crippen LogP contribution in [0.5, 0.6) is 0 Å². The lowest BCUT2D eigenvalue weighted by molar-refractivity contribution is 1.13. The Bertz CT molecular complexity index is 583. The van der Waals surface area contributed by atoms with Crippen LogP contribution in [0, 0.1) is 0 Å². The molecule has 0 saturated heterocycles. The molecule has 5 heteroatoms. The Labute approximate surface area is 136 Å². The first-order chi connectivity index (χ1) is 9.15. The predicted molar refractivity (Wildman–Crippen MR) is 88.3 cm³/mol. The Morgan fingerprint density at radius 1 is 1.16 bits per heavy atom. The molecule has 0 fully saturated rings. The summed E-state index contributed by atoms with van der Waals surface area (Å²) >= 11 is 22.5. The highest BCUT2D eigenvalue weighted by atomic mass is 35.5. The SMILES string of the molecule is Clc1ccc(C(Cl)c2cc3c(s2)CCSC3)c(Cl)c1. The largest absolute Gasteiger partial charge is 0.157 e. The normalized spacial score (nSPS) is 16.2. The van der Waals surface area contributed by atoms with Crippen LogP contribution < -0.4 is 0 Å². The maximum Gasteiger partial charge on any atom is 0.0942 e. The second kappa shape index (κ2) is 5.87. The van der Waals surface area contributed by atoms with Crippen molar-refractivity contribution in [1.29, 1.82) is 0 Å². The Morgan fingerprint density at radius 3 is 2.74 bits per heavy atom. The number of halogens is 3. The van der Waals surface area contributed by atoms with Crippen LogP contribution in [0.25, 0.3) is 0 Å². The zero-order valence-electron chi connectivity index (χ0n) is 9.96. The molecule has 0 spiro atoms. The van der Waals surface area contributed by atoms with Gasteiger partial charge < -0.3 is 0 Å². The molecular weight excluding hydrogens is 339 g/mol. The fourth-order valence-corrected chi connectivity index (χ4v) is 5.49. The highest BCUT2D eigenvalue weighted by Crippen LogP contribution is 2.41. The topological polar surface area (TPSA) is 0 Å². The first-order valence-electron chi connectivity index (χ1n) is 5.93. The van der Waals surface area contributed by atoms with Gasteiger partial charge in [0.15, 0.2) is 0 Å². The van der Waals surface area contributed by atoms with E-state index in [4.69, 9.17) is 34.8 Å². The van der Waals surface area contributed by atoms with Crippen LogP contribution in [0.1, 0.15) is 26.3 Å². The van der Waals surface area contributed by atoms with E-state index in [1.807, 2.05) is 35.2 Å². The van der Waals surface area contributed by atoms with Gasteiger partial charge in [-0.05, 0) is 41.5 Å². The van der Waals surface area contributed by atoms with E-state index in [1.165, 1.54) is 21.1 Å². The summed E-state index contributed by atoms with van der Waals surface area (Å²) in [6.45, 7) is 0. The lowest BCUT2D eigenvalue weighted by Gasteiger charge is -2.10. The van der Waals surface area contributed by atoms with Gasteiger partial charge in [-0.25, -0.2) is 0 Å². The van der Waals surface area contributed by atoms with Crippen LogP contribution in [-0.4, -0.2) is 5.75 Å². The van der Waals surface area contributed by atoms with Gasteiger partial charge in [0.05, 0.1) is 5.38 Å². The van der Waals surface area contributed by atoms with Gasteiger partial charge in [-0.1, -0.05) is 29.3 Å². The van der Waals surface area contributed by atoms with E-state index in [1.54, 1.807) is 6.07 Å². The molecule has 2 aromatic rings. The van der Waals surface area contributed by atoms with Crippen molar-refractivity contribution in [2.45, 2.75) is 17.6 Å². The van der Waals surface area contributed by atoms with Crippen LogP contribution in [0.4, 0.5) is 0 Å². The van der Waals surface area contributed by atoms with E-state index >= 15 is 0 Å². The standard InChI is InChI=1S/C14H11Cl3S2/c15-9-1-2-10(11(16)6-9)14(17)13-5-8-7-18-4-3-12(8)19-13/h1-2,5-6,14H,3-4,7H2. The fourth-order valence-electron chi connectivity index (χ4n) is 2.16. The smallest absolute Gasteiger partial charge is 0.0942 e. The van der Waals surface area contributed by atoms with Gasteiger partial charge in [0.25, 0.3) is 0 Å². The third kappa shape index (κ3) is 2.93. The van der Waals surface area contributed by atoms with Crippen molar-refractivity contribution < 1.29 is 0 Å². The quantitative estimate of drug-likeness (QED) is 0.584. The van der Waals surface area contributed by atoms with Crippen LogP contribution in [-0.2, 0) is 12.2 Å². The van der Waals surface area contributed by atoms with Crippen LogP contribution in [0.2, 0.25) is 10.0 Å². The highest BCUT2D eigenvalue weighted by Gasteiger charge is 2.20. The number of hydrogen-bond donors (Lipinski definition) is 0. The summed E-state index contributed by atoms with van der Waals surface area (Å²) in [6, 6.07) is 7.73. The average molecular weight is 350 g/mol. The van der Waals surface area contributed by atoms with Gasteiger partial charge in [0.2, 0.25) is 0 Å². The summed E-state index contributed by atoms with van der Waals surface area (Å²) in [4.78, 5) is 2.66. The molecule has 1 aromatic heterocycles. The maximum atomic E-state index is 6.58. The molecule has 1 unspecified atom stereocenters. The number of thiophene rings is 1. The first kappa shape index (κ1) is 14.1. The van der Waals surface area contributed by atoms with E-state index in [2.05, 4.69) is 6.07 Å². The highest BCUT2D eigenvalue weighted by molar-refractivity contribution is 7.98. The van der Waals surface area contributed by atoms with Gasteiger partial charge in [-0.3, -0.25) is 0 Å². The van der Waals surface area contributed by atoms with Crippen molar-refractivity contribution >= 4 is 57.9 Å². The maximum absolute atomic E-state index is 6.58. The minimum absolute atomic E-state index is 0.189. The fraction of sp³-hybridized carbons (Fsp3) is 0.286. The number of alkyl halides is 1. The molecule has 1 aliphatic heterocycles. The summed E-state index contributed by atoms with van der Waals surface area (Å²) in [5.41, 5.74) is 2.37. The van der Waals surface area contributed by atoms with E-state index < -0.39 is 0 Å². The molecule has 0 aliphatic carbocycles. The van der Waals surface area contributed by atoms with Gasteiger partial charge in [0, 0.05) is 25.6 Å². The van der Waals surface area contributed by atoms with Crippen LogP contribution in [0.15, 0.2) is 24.3 Å². The molecule has 0 bridgehead atoms. The van der Waals surface area contributed by atoms with Gasteiger partial charge in [0.1, 0.15) is 0 Å². The minimum Gasteiger partial charge on any atom is -0.157 e. The van der Waals surface area contributed by atoms with Crippen molar-refractivity contribution in [3.63, 3.8) is 0 Å². The van der Waals surface area contributed by atoms with Gasteiger partial charge in [-0.2, -0.15) is 11.8 Å². The lowest BCUT2D eigenvalue weighted by atomic mass is 10.1. The summed E-state index contributed by atoms with van der Waals surface area (Å²) < 4.78 is 0. The van der Waals surface area contributed by atoms with Crippen molar-refractivity contribution in [3.05, 3.63) is 55.2 Å². The number of thioether (sulfide) groups is 1. The van der Waals surface area contributed by atoms with E-state index in [0.29, 0.717) is 10.0 Å². The van der Waals surface area contributed by atoms with E-state index in [0.717, 1.165) is 17.7 Å². The molecule has 3 rings (SSSR count). The molecule has 0 amide bonds. The van der Waals surface area contributed by atoms with Crippen molar-refractivity contribution in [3.8, 4) is 0 Å². The molecule has 1 aliphatic rings. The Balaban J connectivity index is 1.94. The molecule has 19 heavy (non-hydrogen) atoms. The zero-order chi connectivity index (χ0) is 13.4. The van der Waals surface area contributed by atoms with Crippen LogP contribution >= 0.6 is 57.9 Å². The van der Waals surface area contributed by atoms with Gasteiger partial charge >= 0.3 is 0 Å². The number of fused-ring (bicyclic) bond motifs is 1. The summed E-state index contributed by atoms with van der Waals surface area (Å²) in [5, 5.41) is 1.08. The Kier molecular flexibility index (Phi) is 4.35. The number of benzene rings is 1. The minimum atomic E-state index is -0.189. The molecule has 0 saturated carbocycles. The van der Waals surface area contributed by atoms with E-state index in [9.17, 15) is 0 Å². The Hall–Kier alpha value is 0.140. The molecular formula is C14H11Cl3S2. The average Bonchev–Trinajstić information content (AvgIpc) is 2.81. The summed E-state index contributed by atoms with van der Waals surface area (Å²) in [7, 11) is 0. The third-order valence-electron chi connectivity index (χ3n) is 3.13. The lowest BCUT2D eigenvalue weighted by Crippen LogP contribution is -1.96. The van der Waals surface area contributed by atoms with Crippen molar-refractivity contribution in [2.24, 2.45) is 0 Å². The monoisotopic (exact) mass is 348 g/mol. The summed E-state index contributed by atoms with van der Waals surface area (Å²) in [5.74, 6) is 2.31. The molecule has 1 atom stereocenters. The number of rotatable bonds is 2. The second-order valence-corrected chi connectivity index (χ2v) is 7.98. The molecule has 1 aromatic carbocycles. The molecule has 0 radical (unpaired) electrons. The first-order valence-corrected chi connectivity index (χ1v) is 9.10. The molecule has 2 heterocycles. The van der Waals surface area contributed by atoms with Crippen molar-refractivity contribution in [2.75, 3.05) is 5.75 Å². The molecule has 100 valence electrons. The molecule has 0 N–H and O–H groups in total. The van der Waals surface area contributed by atoms with E-state index in [-0.39, 0.29) is 5.38 Å². The Morgan fingerprint density at radius 2 is 2.00 bits per heavy atom. The third-order valence-corrected chi connectivity index (χ3v) is 6.60. The van der Waals surface area contributed by atoms with Gasteiger partial charge in [-0.15, -0.1) is 22.9 Å². The number of hydrogen-bond acceptors (Lipinski definition) is 2. The predicted octanol–water partition coefficient (Wildman–Crippen LogP) is 6.17. The van der Waals surface area contributed by atoms with Crippen LogP contribution in [0.3, 0.4) is 0 Å². The summed E-state index contributed by atoms with van der Waals surface area (Å²) in [6.07, 6.45) is 1.16. The number of aryl methyl sites for hydroxylation is 1. The molecule has 0 nitrogen and oxygen atoms in total. The zero-order valence-corrected chi connectivity index (χ0v) is 13.9. The second-order valence-electron chi connectivity index (χ2n) is 4.43. The van der Waals surface area contributed by atoms with Crippen molar-refractivity contribution in [1.82, 2.24) is 0 Å².